The molecule has 0 spiro atoms. The van der Waals surface area contributed by atoms with Gasteiger partial charge in [0, 0.05) is 47.7 Å². The van der Waals surface area contributed by atoms with Crippen LogP contribution >= 0.6 is 0 Å². The van der Waals surface area contributed by atoms with Gasteiger partial charge in [-0.25, -0.2) is 8.78 Å². The van der Waals surface area contributed by atoms with Crippen molar-refractivity contribution < 1.29 is 22.0 Å². The third kappa shape index (κ3) is 4.17. The minimum absolute atomic E-state index is 0.0272. The molecule has 3 aromatic rings. The van der Waals surface area contributed by atoms with Crippen LogP contribution in [0.4, 0.5) is 27.6 Å². The molecular formula is C21H18F5N3. The van der Waals surface area contributed by atoms with Crippen molar-refractivity contribution >= 4 is 16.5 Å². The summed E-state index contributed by atoms with van der Waals surface area (Å²) in [5.74, 6) is -1.58. The summed E-state index contributed by atoms with van der Waals surface area (Å²) >= 11 is 0. The van der Waals surface area contributed by atoms with Gasteiger partial charge >= 0.3 is 6.18 Å². The van der Waals surface area contributed by atoms with E-state index in [1.165, 1.54) is 12.1 Å². The van der Waals surface area contributed by atoms with E-state index >= 15 is 0 Å². The van der Waals surface area contributed by atoms with Crippen LogP contribution in [-0.4, -0.2) is 17.1 Å². The lowest BCUT2D eigenvalue weighted by Gasteiger charge is -2.37. The van der Waals surface area contributed by atoms with Gasteiger partial charge in [0.2, 0.25) is 0 Å². The molecular weight excluding hydrogens is 389 g/mol. The van der Waals surface area contributed by atoms with Crippen molar-refractivity contribution in [1.29, 1.82) is 0 Å². The molecule has 1 aliphatic carbocycles. The van der Waals surface area contributed by atoms with E-state index in [0.717, 1.165) is 22.9 Å². The van der Waals surface area contributed by atoms with Crippen LogP contribution < -0.4 is 10.6 Å². The molecule has 1 aromatic heterocycles. The Bertz CT molecular complexity index is 1030. The molecule has 29 heavy (non-hydrogen) atoms. The highest BCUT2D eigenvalue weighted by atomic mass is 19.4. The van der Waals surface area contributed by atoms with Crippen molar-refractivity contribution in [1.82, 2.24) is 10.3 Å². The first-order chi connectivity index (χ1) is 13.8. The normalized spacial score (nSPS) is 19.2. The lowest BCUT2D eigenvalue weighted by molar-refractivity contribution is -0.139. The van der Waals surface area contributed by atoms with E-state index < -0.39 is 17.6 Å². The maximum Gasteiger partial charge on any atom is 0.419 e. The summed E-state index contributed by atoms with van der Waals surface area (Å²) in [5.41, 5.74) is -0.484. The van der Waals surface area contributed by atoms with Crippen LogP contribution in [0.15, 0.2) is 48.8 Å². The third-order valence-electron chi connectivity index (χ3n) is 5.22. The Morgan fingerprint density at radius 2 is 1.72 bits per heavy atom. The van der Waals surface area contributed by atoms with Gasteiger partial charge in [0.1, 0.15) is 11.6 Å². The Kier molecular flexibility index (Phi) is 5.12. The van der Waals surface area contributed by atoms with E-state index in [0.29, 0.717) is 24.9 Å². The first-order valence-corrected chi connectivity index (χ1v) is 9.19. The third-order valence-corrected chi connectivity index (χ3v) is 5.22. The summed E-state index contributed by atoms with van der Waals surface area (Å²) in [6.45, 7) is 0.347. The molecule has 3 nitrogen and oxygen atoms in total. The van der Waals surface area contributed by atoms with E-state index in [2.05, 4.69) is 15.6 Å². The second-order valence-corrected chi connectivity index (χ2v) is 7.21. The van der Waals surface area contributed by atoms with E-state index in [9.17, 15) is 22.0 Å². The van der Waals surface area contributed by atoms with E-state index in [1.54, 1.807) is 24.5 Å². The van der Waals surface area contributed by atoms with Crippen LogP contribution in [-0.2, 0) is 12.7 Å². The molecule has 0 saturated heterocycles. The number of hydrogen-bond acceptors (Lipinski definition) is 3. The number of benzene rings is 2. The molecule has 2 N–H and O–H groups in total. The highest BCUT2D eigenvalue weighted by Gasteiger charge is 2.35. The summed E-state index contributed by atoms with van der Waals surface area (Å²) in [6, 6.07) is 7.86. The quantitative estimate of drug-likeness (QED) is 0.566. The summed E-state index contributed by atoms with van der Waals surface area (Å²) < 4.78 is 66.1. The van der Waals surface area contributed by atoms with Crippen molar-refractivity contribution in [2.45, 2.75) is 37.6 Å². The van der Waals surface area contributed by atoms with Gasteiger partial charge in [0.25, 0.3) is 0 Å². The Hall–Kier alpha value is -2.74. The highest BCUT2D eigenvalue weighted by molar-refractivity contribution is 5.84. The number of fused-ring (bicyclic) bond motifs is 1. The van der Waals surface area contributed by atoms with E-state index in [1.807, 2.05) is 0 Å². The van der Waals surface area contributed by atoms with Gasteiger partial charge in [0.05, 0.1) is 5.56 Å². The first-order valence-electron chi connectivity index (χ1n) is 9.19. The standard InChI is InChI=1S/C21H18F5N3/c22-19-3-1-12-10-27-6-5-16(12)17(19)11-28-14-7-15(8-14)29-13-2-4-20(23)18(9-13)21(24,25)26/h1-6,9-10,14-15,28-29H,7-8,11H2. The van der Waals surface area contributed by atoms with Gasteiger partial charge in [-0.3, -0.25) is 4.98 Å². The molecule has 8 heteroatoms. The lowest BCUT2D eigenvalue weighted by atomic mass is 9.86. The zero-order chi connectivity index (χ0) is 20.6. The smallest absolute Gasteiger partial charge is 0.382 e. The van der Waals surface area contributed by atoms with Gasteiger partial charge in [-0.15, -0.1) is 0 Å². The van der Waals surface area contributed by atoms with Crippen molar-refractivity contribution in [2.24, 2.45) is 0 Å². The Labute approximate surface area is 164 Å². The van der Waals surface area contributed by atoms with Gasteiger partial charge in [0.15, 0.2) is 0 Å². The Morgan fingerprint density at radius 1 is 0.966 bits per heavy atom. The number of anilines is 1. The largest absolute Gasteiger partial charge is 0.419 e. The van der Waals surface area contributed by atoms with Crippen molar-refractivity contribution in [3.63, 3.8) is 0 Å². The van der Waals surface area contributed by atoms with Crippen LogP contribution in [0.3, 0.4) is 0 Å². The number of pyridine rings is 1. The fraction of sp³-hybridized carbons (Fsp3) is 0.286. The van der Waals surface area contributed by atoms with E-state index in [4.69, 9.17) is 0 Å². The fourth-order valence-electron chi connectivity index (χ4n) is 3.60. The second kappa shape index (κ2) is 7.59. The number of nitrogens with zero attached hydrogens (tertiary/aromatic N) is 1. The minimum Gasteiger partial charge on any atom is -0.382 e. The molecule has 0 unspecified atom stereocenters. The summed E-state index contributed by atoms with van der Waals surface area (Å²) in [5, 5.41) is 7.94. The van der Waals surface area contributed by atoms with Gasteiger partial charge in [-0.2, -0.15) is 13.2 Å². The van der Waals surface area contributed by atoms with Crippen molar-refractivity contribution in [3.8, 4) is 0 Å². The van der Waals surface area contributed by atoms with Gasteiger partial charge < -0.3 is 10.6 Å². The molecule has 4 rings (SSSR count). The average molecular weight is 407 g/mol. The number of nitrogens with one attached hydrogen (secondary N) is 2. The number of alkyl halides is 3. The maximum atomic E-state index is 14.2. The SMILES string of the molecule is Fc1ccc(NC2CC(NCc3c(F)ccc4cnccc34)C2)cc1C(F)(F)F. The van der Waals surface area contributed by atoms with Crippen molar-refractivity contribution in [3.05, 3.63) is 71.6 Å². The maximum absolute atomic E-state index is 14.2. The van der Waals surface area contributed by atoms with Gasteiger partial charge in [-0.05, 0) is 54.6 Å². The fourth-order valence-corrected chi connectivity index (χ4v) is 3.60. The molecule has 1 heterocycles. The number of aromatic nitrogens is 1. The Morgan fingerprint density at radius 3 is 2.48 bits per heavy atom. The molecule has 0 bridgehead atoms. The second-order valence-electron chi connectivity index (χ2n) is 7.21. The number of halogens is 5. The molecule has 0 aliphatic heterocycles. The summed E-state index contributed by atoms with van der Waals surface area (Å²) in [6.07, 6.45) is -0.0885. The predicted molar refractivity (Wildman–Crippen MR) is 100 cm³/mol. The van der Waals surface area contributed by atoms with Crippen molar-refractivity contribution in [2.75, 3.05) is 5.32 Å². The lowest BCUT2D eigenvalue weighted by Crippen LogP contribution is -2.47. The molecule has 152 valence electrons. The molecule has 1 saturated carbocycles. The molecule has 0 radical (unpaired) electrons. The monoisotopic (exact) mass is 407 g/mol. The number of hydrogen-bond donors (Lipinski definition) is 2. The molecule has 0 atom stereocenters. The van der Waals surface area contributed by atoms with Crippen LogP contribution in [0, 0.1) is 11.6 Å². The Balaban J connectivity index is 1.34. The summed E-state index contributed by atoms with van der Waals surface area (Å²) in [7, 11) is 0. The topological polar surface area (TPSA) is 37.0 Å². The highest BCUT2D eigenvalue weighted by Crippen LogP contribution is 2.34. The predicted octanol–water partition coefficient (Wildman–Crippen LogP) is 5.26. The molecule has 2 aromatic carbocycles. The van der Waals surface area contributed by atoms with Crippen LogP contribution in [0.25, 0.3) is 10.8 Å². The van der Waals surface area contributed by atoms with E-state index in [-0.39, 0.29) is 23.6 Å². The zero-order valence-corrected chi connectivity index (χ0v) is 15.2. The van der Waals surface area contributed by atoms with Crippen LogP contribution in [0.2, 0.25) is 0 Å². The van der Waals surface area contributed by atoms with Crippen LogP contribution in [0.1, 0.15) is 24.0 Å². The van der Waals surface area contributed by atoms with Gasteiger partial charge in [-0.1, -0.05) is 0 Å². The number of rotatable bonds is 5. The molecule has 1 fully saturated rings. The molecule has 1 aliphatic rings. The average Bonchev–Trinajstić information content (AvgIpc) is 2.65. The molecule has 0 amide bonds. The first kappa shape index (κ1) is 19.6. The summed E-state index contributed by atoms with van der Waals surface area (Å²) in [4.78, 5) is 4.04. The van der Waals surface area contributed by atoms with Crippen LogP contribution in [0.5, 0.6) is 0 Å². The zero-order valence-electron chi connectivity index (χ0n) is 15.2. The minimum atomic E-state index is -4.73.